The molecule has 0 amide bonds. The van der Waals surface area contributed by atoms with Crippen molar-refractivity contribution in [2.24, 2.45) is 4.99 Å². The van der Waals surface area contributed by atoms with Crippen LogP contribution < -0.4 is 5.32 Å². The summed E-state index contributed by atoms with van der Waals surface area (Å²) in [6.07, 6.45) is 7.52. The van der Waals surface area contributed by atoms with Crippen molar-refractivity contribution in [1.82, 2.24) is 5.32 Å². The van der Waals surface area contributed by atoms with Crippen LogP contribution in [0.5, 0.6) is 0 Å². The van der Waals surface area contributed by atoms with Gasteiger partial charge in [0.1, 0.15) is 0 Å². The Balaban J connectivity index is 2.01. The quantitative estimate of drug-likeness (QED) is 0.718. The molecule has 0 saturated carbocycles. The summed E-state index contributed by atoms with van der Waals surface area (Å²) in [5.41, 5.74) is 1.15. The molecule has 1 N–H and O–H groups in total. The lowest BCUT2D eigenvalue weighted by Gasteiger charge is -2.21. The first-order chi connectivity index (χ1) is 6.47. The SMILES string of the molecule is C1=CNC([C]2CSCCS2)=CN=C1. The summed E-state index contributed by atoms with van der Waals surface area (Å²) in [5, 5.41) is 4.65. The van der Waals surface area contributed by atoms with Gasteiger partial charge in [0.05, 0.1) is 10.9 Å². The zero-order chi connectivity index (χ0) is 8.93. The van der Waals surface area contributed by atoms with E-state index in [4.69, 9.17) is 0 Å². The lowest BCUT2D eigenvalue weighted by Crippen LogP contribution is -2.16. The van der Waals surface area contributed by atoms with Gasteiger partial charge in [0.25, 0.3) is 0 Å². The number of aliphatic imine (C=N–C) groups is 1. The summed E-state index contributed by atoms with van der Waals surface area (Å²) in [6, 6.07) is 0. The Morgan fingerprint density at radius 3 is 3.23 bits per heavy atom. The maximum Gasteiger partial charge on any atom is 0.0873 e. The van der Waals surface area contributed by atoms with E-state index in [2.05, 4.69) is 10.3 Å². The van der Waals surface area contributed by atoms with Gasteiger partial charge in [0.2, 0.25) is 0 Å². The number of thioether (sulfide) groups is 2. The fourth-order valence-electron chi connectivity index (χ4n) is 1.12. The number of hydrogen-bond acceptors (Lipinski definition) is 4. The van der Waals surface area contributed by atoms with Gasteiger partial charge in [-0.3, -0.25) is 4.99 Å². The van der Waals surface area contributed by atoms with E-state index in [-0.39, 0.29) is 0 Å². The summed E-state index contributed by atoms with van der Waals surface area (Å²) in [6.45, 7) is 0. The highest BCUT2D eigenvalue weighted by atomic mass is 32.2. The zero-order valence-electron chi connectivity index (χ0n) is 7.19. The van der Waals surface area contributed by atoms with Crippen LogP contribution in [0.4, 0.5) is 0 Å². The summed E-state index contributed by atoms with van der Waals surface area (Å²) >= 11 is 3.93. The average molecular weight is 211 g/mol. The van der Waals surface area contributed by atoms with Gasteiger partial charge in [-0.15, -0.1) is 11.8 Å². The molecule has 2 heterocycles. The minimum Gasteiger partial charge on any atom is -0.362 e. The van der Waals surface area contributed by atoms with E-state index in [1.54, 1.807) is 6.21 Å². The van der Waals surface area contributed by atoms with Crippen LogP contribution in [0.1, 0.15) is 0 Å². The lowest BCUT2D eigenvalue weighted by molar-refractivity contribution is 1.04. The third-order valence-electron chi connectivity index (χ3n) is 1.75. The van der Waals surface area contributed by atoms with Gasteiger partial charge >= 0.3 is 0 Å². The van der Waals surface area contributed by atoms with Crippen LogP contribution in [-0.4, -0.2) is 23.5 Å². The summed E-state index contributed by atoms with van der Waals surface area (Å²) in [4.78, 5) is 4.15. The highest BCUT2D eigenvalue weighted by Crippen LogP contribution is 2.34. The number of rotatable bonds is 1. The fourth-order valence-corrected chi connectivity index (χ4v) is 3.51. The van der Waals surface area contributed by atoms with Gasteiger partial charge in [0, 0.05) is 35.9 Å². The molecular formula is C9H11N2S2. The largest absolute Gasteiger partial charge is 0.362 e. The van der Waals surface area contributed by atoms with Crippen LogP contribution in [0.2, 0.25) is 0 Å². The van der Waals surface area contributed by atoms with E-state index in [9.17, 15) is 0 Å². The molecule has 13 heavy (non-hydrogen) atoms. The molecule has 0 aromatic rings. The maximum absolute atomic E-state index is 4.15. The Morgan fingerprint density at radius 1 is 1.38 bits per heavy atom. The molecule has 2 nitrogen and oxygen atoms in total. The summed E-state index contributed by atoms with van der Waals surface area (Å²) in [5.74, 6) is 3.60. The molecule has 1 radical (unpaired) electrons. The lowest BCUT2D eigenvalue weighted by atomic mass is 10.3. The first kappa shape index (κ1) is 9.21. The van der Waals surface area contributed by atoms with Gasteiger partial charge < -0.3 is 5.32 Å². The Bertz CT molecular complexity index is 252. The van der Waals surface area contributed by atoms with Crippen LogP contribution in [0.25, 0.3) is 0 Å². The minimum atomic E-state index is 1.12. The first-order valence-electron chi connectivity index (χ1n) is 4.18. The van der Waals surface area contributed by atoms with Gasteiger partial charge in [-0.1, -0.05) is 0 Å². The highest BCUT2D eigenvalue weighted by Gasteiger charge is 2.19. The molecule has 0 aromatic carbocycles. The van der Waals surface area contributed by atoms with Gasteiger partial charge in [-0.25, -0.2) is 0 Å². The van der Waals surface area contributed by atoms with E-state index < -0.39 is 0 Å². The van der Waals surface area contributed by atoms with Gasteiger partial charge in [-0.2, -0.15) is 11.8 Å². The van der Waals surface area contributed by atoms with Crippen molar-refractivity contribution >= 4 is 29.7 Å². The smallest absolute Gasteiger partial charge is 0.0873 e. The minimum absolute atomic E-state index is 1.12. The average Bonchev–Trinajstić information content (AvgIpc) is 2.47. The van der Waals surface area contributed by atoms with E-state index in [1.807, 2.05) is 42.0 Å². The standard InChI is InChI=1S/C9H11N2S2/c1-2-10-6-8(11-3-1)9-7-12-4-5-13-9/h1-3,6,11H,4-5,7H2. The van der Waals surface area contributed by atoms with Crippen molar-refractivity contribution in [3.8, 4) is 0 Å². The van der Waals surface area contributed by atoms with Crippen LogP contribution in [0, 0.1) is 5.25 Å². The monoisotopic (exact) mass is 211 g/mol. The van der Waals surface area contributed by atoms with Crippen molar-refractivity contribution in [3.63, 3.8) is 0 Å². The fraction of sp³-hybridized carbons (Fsp3) is 0.333. The van der Waals surface area contributed by atoms with Gasteiger partial charge in [0.15, 0.2) is 0 Å². The van der Waals surface area contributed by atoms with Crippen molar-refractivity contribution in [2.45, 2.75) is 0 Å². The molecule has 1 fully saturated rings. The van der Waals surface area contributed by atoms with Crippen molar-refractivity contribution in [2.75, 3.05) is 17.3 Å². The molecule has 0 atom stereocenters. The number of allylic oxidation sites excluding steroid dienone is 1. The number of nitrogens with one attached hydrogen (secondary N) is 1. The maximum atomic E-state index is 4.15. The highest BCUT2D eigenvalue weighted by molar-refractivity contribution is 8.08. The molecule has 2 rings (SSSR count). The summed E-state index contributed by atoms with van der Waals surface area (Å²) < 4.78 is 0. The third kappa shape index (κ3) is 2.54. The molecule has 0 bridgehead atoms. The van der Waals surface area contributed by atoms with Crippen molar-refractivity contribution in [3.05, 3.63) is 29.4 Å². The zero-order valence-corrected chi connectivity index (χ0v) is 8.83. The summed E-state index contributed by atoms with van der Waals surface area (Å²) in [7, 11) is 0. The van der Waals surface area contributed by atoms with E-state index in [1.165, 1.54) is 16.8 Å². The molecule has 0 aromatic heterocycles. The van der Waals surface area contributed by atoms with Crippen LogP contribution in [0.15, 0.2) is 29.2 Å². The second-order valence-electron chi connectivity index (χ2n) is 2.67. The topological polar surface area (TPSA) is 24.4 Å². The molecule has 2 aliphatic heterocycles. The molecule has 69 valence electrons. The molecule has 0 aliphatic carbocycles. The predicted molar refractivity (Wildman–Crippen MR) is 61.9 cm³/mol. The Kier molecular flexibility index (Phi) is 3.38. The second kappa shape index (κ2) is 4.77. The molecule has 0 spiro atoms. The van der Waals surface area contributed by atoms with Crippen molar-refractivity contribution in [1.29, 1.82) is 0 Å². The number of nitrogens with zero attached hydrogens (tertiary/aromatic N) is 1. The molecule has 1 saturated heterocycles. The Morgan fingerprint density at radius 2 is 2.38 bits per heavy atom. The molecular weight excluding hydrogens is 200 g/mol. The first-order valence-corrected chi connectivity index (χ1v) is 6.32. The van der Waals surface area contributed by atoms with Crippen LogP contribution in [0.3, 0.4) is 0 Å². The third-order valence-corrected chi connectivity index (χ3v) is 4.30. The Labute approximate surface area is 87.0 Å². The Hall–Kier alpha value is -0.350. The van der Waals surface area contributed by atoms with Crippen molar-refractivity contribution < 1.29 is 0 Å². The van der Waals surface area contributed by atoms with E-state index >= 15 is 0 Å². The van der Waals surface area contributed by atoms with Gasteiger partial charge in [-0.05, 0) is 6.08 Å². The molecule has 4 heteroatoms. The normalized spacial score (nSPS) is 23.5. The molecule has 2 aliphatic rings. The number of hydrogen-bond donors (Lipinski definition) is 1. The predicted octanol–water partition coefficient (Wildman–Crippen LogP) is 2.03. The molecule has 0 unspecified atom stereocenters. The van der Waals surface area contributed by atoms with Crippen LogP contribution >= 0.6 is 23.5 Å². The second-order valence-corrected chi connectivity index (χ2v) is 4.96. The van der Waals surface area contributed by atoms with Crippen LogP contribution in [-0.2, 0) is 0 Å². The van der Waals surface area contributed by atoms with E-state index in [0.717, 1.165) is 11.4 Å². The van der Waals surface area contributed by atoms with E-state index in [0.29, 0.717) is 0 Å².